The Hall–Kier alpha value is -2.93. The van der Waals surface area contributed by atoms with Crippen molar-refractivity contribution in [3.63, 3.8) is 0 Å². The zero-order chi connectivity index (χ0) is 19.4. The maximum atomic E-state index is 12.4. The number of nitrogens with zero attached hydrogens (tertiary/aromatic N) is 2. The average molecular weight is 383 g/mol. The van der Waals surface area contributed by atoms with Crippen molar-refractivity contribution < 1.29 is 13.2 Å². The van der Waals surface area contributed by atoms with Gasteiger partial charge >= 0.3 is 0 Å². The minimum Gasteiger partial charge on any atom is -0.346 e. The summed E-state index contributed by atoms with van der Waals surface area (Å²) in [5, 5.41) is 2.96. The number of sulfone groups is 1. The molecule has 140 valence electrons. The molecule has 1 heterocycles. The van der Waals surface area contributed by atoms with Gasteiger partial charge in [0.05, 0.1) is 18.1 Å². The van der Waals surface area contributed by atoms with Crippen molar-refractivity contribution in [1.82, 2.24) is 14.9 Å². The number of imidazole rings is 1. The zero-order valence-electron chi connectivity index (χ0n) is 15.2. The molecule has 0 aliphatic rings. The van der Waals surface area contributed by atoms with Gasteiger partial charge in [0.1, 0.15) is 0 Å². The number of nitrogens with one attached hydrogen (secondary N) is 1. The van der Waals surface area contributed by atoms with E-state index in [2.05, 4.69) is 10.3 Å². The van der Waals surface area contributed by atoms with Gasteiger partial charge in [-0.05, 0) is 42.3 Å². The van der Waals surface area contributed by atoms with Crippen molar-refractivity contribution in [2.75, 3.05) is 6.26 Å². The Morgan fingerprint density at radius 1 is 1.11 bits per heavy atom. The predicted molar refractivity (Wildman–Crippen MR) is 104 cm³/mol. The summed E-state index contributed by atoms with van der Waals surface area (Å²) in [5.74, 6) is -0.235. The number of carbonyl (C=O) groups is 1. The SMILES string of the molecule is C[C@@H](NC(=O)c1ccc(CS(C)(=O)=O)cc1)c1ccc(-n2ccnc2)cc1. The highest BCUT2D eigenvalue weighted by atomic mass is 32.2. The molecule has 1 amide bonds. The number of hydrogen-bond donors (Lipinski definition) is 1. The standard InChI is InChI=1S/C20H21N3O3S/c1-15(17-7-9-19(10-8-17)23-12-11-21-14-23)22-20(24)18-5-3-16(4-6-18)13-27(2,25)26/h3-12,14-15H,13H2,1-2H3,(H,22,24)/t15-/m1/s1. The molecule has 3 rings (SSSR count). The number of carbonyl (C=O) groups excluding carboxylic acids is 1. The van der Waals surface area contributed by atoms with E-state index in [1.165, 1.54) is 6.26 Å². The fraction of sp³-hybridized carbons (Fsp3) is 0.200. The highest BCUT2D eigenvalue weighted by Gasteiger charge is 2.12. The Kier molecular flexibility index (Phi) is 5.41. The molecular formula is C20H21N3O3S. The van der Waals surface area contributed by atoms with E-state index < -0.39 is 9.84 Å². The summed E-state index contributed by atoms with van der Waals surface area (Å²) in [6.07, 6.45) is 6.51. The van der Waals surface area contributed by atoms with Crippen molar-refractivity contribution in [1.29, 1.82) is 0 Å². The van der Waals surface area contributed by atoms with Crippen molar-refractivity contribution in [2.45, 2.75) is 18.7 Å². The van der Waals surface area contributed by atoms with E-state index >= 15 is 0 Å². The van der Waals surface area contributed by atoms with E-state index in [9.17, 15) is 13.2 Å². The van der Waals surface area contributed by atoms with Crippen LogP contribution in [0.25, 0.3) is 5.69 Å². The molecule has 0 aliphatic carbocycles. The van der Waals surface area contributed by atoms with E-state index in [0.29, 0.717) is 11.1 Å². The Bertz CT molecular complexity index is 1010. The number of aromatic nitrogens is 2. The van der Waals surface area contributed by atoms with Gasteiger partial charge in [0, 0.05) is 29.9 Å². The topological polar surface area (TPSA) is 81.1 Å². The first-order valence-corrected chi connectivity index (χ1v) is 10.5. The molecule has 6 nitrogen and oxygen atoms in total. The lowest BCUT2D eigenvalue weighted by atomic mass is 10.1. The third-order valence-electron chi connectivity index (χ3n) is 4.19. The van der Waals surface area contributed by atoms with Gasteiger partial charge in [-0.3, -0.25) is 4.79 Å². The molecule has 1 N–H and O–H groups in total. The molecule has 0 saturated heterocycles. The van der Waals surface area contributed by atoms with Crippen LogP contribution in [0.4, 0.5) is 0 Å². The van der Waals surface area contributed by atoms with Gasteiger partial charge in [0.15, 0.2) is 9.84 Å². The Labute approximate surface area is 158 Å². The summed E-state index contributed by atoms with van der Waals surface area (Å²) in [6.45, 7) is 1.92. The maximum absolute atomic E-state index is 12.4. The molecule has 1 atom stereocenters. The molecule has 0 bridgehead atoms. The molecule has 0 aliphatic heterocycles. The number of benzene rings is 2. The smallest absolute Gasteiger partial charge is 0.251 e. The quantitative estimate of drug-likeness (QED) is 0.710. The van der Waals surface area contributed by atoms with Crippen LogP contribution in [0.5, 0.6) is 0 Å². The molecule has 3 aromatic rings. The molecule has 0 saturated carbocycles. The highest BCUT2D eigenvalue weighted by Crippen LogP contribution is 2.17. The number of hydrogen-bond acceptors (Lipinski definition) is 4. The van der Waals surface area contributed by atoms with Gasteiger partial charge in [-0.15, -0.1) is 0 Å². The van der Waals surface area contributed by atoms with Gasteiger partial charge in [-0.25, -0.2) is 13.4 Å². The predicted octanol–water partition coefficient (Wildman–Crippen LogP) is 2.91. The minimum absolute atomic E-state index is 0.0332. The largest absolute Gasteiger partial charge is 0.346 e. The monoisotopic (exact) mass is 383 g/mol. The van der Waals surface area contributed by atoms with Crippen LogP contribution in [-0.4, -0.2) is 30.1 Å². The van der Waals surface area contributed by atoms with Crippen molar-refractivity contribution in [2.24, 2.45) is 0 Å². The second kappa shape index (κ2) is 7.75. The van der Waals surface area contributed by atoms with Crippen LogP contribution in [0.15, 0.2) is 67.3 Å². The fourth-order valence-electron chi connectivity index (χ4n) is 2.77. The molecule has 0 spiro atoms. The lowest BCUT2D eigenvalue weighted by Crippen LogP contribution is -2.26. The molecule has 0 radical (unpaired) electrons. The molecule has 0 fully saturated rings. The average Bonchev–Trinajstić information content (AvgIpc) is 3.15. The first-order chi connectivity index (χ1) is 12.8. The van der Waals surface area contributed by atoms with Gasteiger partial charge in [0.25, 0.3) is 5.91 Å². The van der Waals surface area contributed by atoms with Crippen LogP contribution >= 0.6 is 0 Å². The third-order valence-corrected chi connectivity index (χ3v) is 5.05. The van der Waals surface area contributed by atoms with E-state index in [0.717, 1.165) is 11.3 Å². The highest BCUT2D eigenvalue weighted by molar-refractivity contribution is 7.89. The van der Waals surface area contributed by atoms with E-state index in [-0.39, 0.29) is 17.7 Å². The Balaban J connectivity index is 1.65. The second-order valence-electron chi connectivity index (χ2n) is 6.52. The van der Waals surface area contributed by atoms with Crippen molar-refractivity contribution in [3.05, 3.63) is 83.9 Å². The van der Waals surface area contributed by atoms with Gasteiger partial charge in [-0.1, -0.05) is 24.3 Å². The van der Waals surface area contributed by atoms with Crippen LogP contribution in [0.3, 0.4) is 0 Å². The maximum Gasteiger partial charge on any atom is 0.251 e. The third kappa shape index (κ3) is 5.04. The number of amides is 1. The Morgan fingerprint density at radius 3 is 2.33 bits per heavy atom. The van der Waals surface area contributed by atoms with E-state index in [4.69, 9.17) is 0 Å². The lowest BCUT2D eigenvalue weighted by Gasteiger charge is -2.15. The van der Waals surface area contributed by atoms with Crippen LogP contribution in [0.2, 0.25) is 0 Å². The van der Waals surface area contributed by atoms with Gasteiger partial charge in [0.2, 0.25) is 0 Å². The summed E-state index contributed by atoms with van der Waals surface area (Å²) in [7, 11) is -3.09. The summed E-state index contributed by atoms with van der Waals surface area (Å²) in [5.41, 5.74) is 3.14. The molecule has 1 aromatic heterocycles. The first kappa shape index (κ1) is 18.8. The number of rotatable bonds is 6. The van der Waals surface area contributed by atoms with Crippen LogP contribution in [0, 0.1) is 0 Å². The van der Waals surface area contributed by atoms with Gasteiger partial charge < -0.3 is 9.88 Å². The summed E-state index contributed by atoms with van der Waals surface area (Å²) >= 11 is 0. The van der Waals surface area contributed by atoms with Crippen molar-refractivity contribution in [3.8, 4) is 5.69 Å². The van der Waals surface area contributed by atoms with E-state index in [1.807, 2.05) is 42.0 Å². The van der Waals surface area contributed by atoms with Crippen LogP contribution in [-0.2, 0) is 15.6 Å². The summed E-state index contributed by atoms with van der Waals surface area (Å²) in [4.78, 5) is 16.5. The Morgan fingerprint density at radius 2 is 1.78 bits per heavy atom. The molecule has 27 heavy (non-hydrogen) atoms. The summed E-state index contributed by atoms with van der Waals surface area (Å²) in [6, 6.07) is 14.3. The van der Waals surface area contributed by atoms with E-state index in [1.54, 1.807) is 36.8 Å². The first-order valence-electron chi connectivity index (χ1n) is 8.48. The zero-order valence-corrected chi connectivity index (χ0v) is 16.0. The minimum atomic E-state index is -3.09. The normalized spacial score (nSPS) is 12.5. The van der Waals surface area contributed by atoms with Crippen LogP contribution in [0.1, 0.15) is 34.5 Å². The molecule has 0 unspecified atom stereocenters. The van der Waals surface area contributed by atoms with Gasteiger partial charge in [-0.2, -0.15) is 0 Å². The summed E-state index contributed by atoms with van der Waals surface area (Å²) < 4.78 is 24.6. The fourth-order valence-corrected chi connectivity index (χ4v) is 3.56. The lowest BCUT2D eigenvalue weighted by molar-refractivity contribution is 0.0940. The second-order valence-corrected chi connectivity index (χ2v) is 8.66. The molecule has 2 aromatic carbocycles. The molecular weight excluding hydrogens is 362 g/mol. The van der Waals surface area contributed by atoms with Crippen molar-refractivity contribution >= 4 is 15.7 Å². The van der Waals surface area contributed by atoms with Crippen LogP contribution < -0.4 is 5.32 Å². The molecule has 7 heteroatoms.